The standard InChI is InChI=1S/C16H20N2O2S2/c1-2-5-13(19)8-17-16(20)14-6-3-4-7-15(14)22-10-12-9-21-11-18-12/h3-4,6-7,9,11,13,19H,2,5,8,10H2,1H3,(H,17,20). The fourth-order valence-electron chi connectivity index (χ4n) is 1.98. The van der Waals surface area contributed by atoms with Gasteiger partial charge >= 0.3 is 0 Å². The first kappa shape index (κ1) is 17.0. The van der Waals surface area contributed by atoms with Gasteiger partial charge in [0.05, 0.1) is 22.9 Å². The van der Waals surface area contributed by atoms with Crippen LogP contribution in [0.3, 0.4) is 0 Å². The zero-order valence-electron chi connectivity index (χ0n) is 12.5. The van der Waals surface area contributed by atoms with E-state index in [9.17, 15) is 9.90 Å². The number of hydrogen-bond acceptors (Lipinski definition) is 5. The molecule has 0 fully saturated rings. The summed E-state index contributed by atoms with van der Waals surface area (Å²) < 4.78 is 0. The van der Waals surface area contributed by atoms with E-state index < -0.39 is 6.10 Å². The fourth-order valence-corrected chi connectivity index (χ4v) is 3.60. The van der Waals surface area contributed by atoms with Gasteiger partial charge in [-0.25, -0.2) is 4.98 Å². The topological polar surface area (TPSA) is 62.2 Å². The predicted octanol–water partition coefficient (Wildman–Crippen LogP) is 3.33. The Kier molecular flexibility index (Phi) is 6.89. The van der Waals surface area contributed by atoms with Crippen LogP contribution >= 0.6 is 23.1 Å². The molecule has 0 saturated carbocycles. The molecule has 2 N–H and O–H groups in total. The van der Waals surface area contributed by atoms with Gasteiger partial charge in [-0.05, 0) is 18.6 Å². The van der Waals surface area contributed by atoms with Gasteiger partial charge < -0.3 is 10.4 Å². The molecule has 1 aromatic heterocycles. The maximum atomic E-state index is 12.3. The number of aromatic nitrogens is 1. The number of thiazole rings is 1. The number of aliphatic hydroxyl groups is 1. The average molecular weight is 336 g/mol. The van der Waals surface area contributed by atoms with Crippen LogP contribution in [0.5, 0.6) is 0 Å². The highest BCUT2D eigenvalue weighted by Gasteiger charge is 2.13. The molecule has 0 aliphatic carbocycles. The van der Waals surface area contributed by atoms with Crippen LogP contribution in [-0.4, -0.2) is 28.6 Å². The maximum Gasteiger partial charge on any atom is 0.252 e. The first-order valence-electron chi connectivity index (χ1n) is 7.26. The molecule has 0 spiro atoms. The molecule has 6 heteroatoms. The van der Waals surface area contributed by atoms with Crippen molar-refractivity contribution in [2.75, 3.05) is 6.54 Å². The second-order valence-corrected chi connectivity index (χ2v) is 6.65. The molecular formula is C16H20N2O2S2. The van der Waals surface area contributed by atoms with Crippen molar-refractivity contribution in [2.24, 2.45) is 0 Å². The molecule has 0 radical (unpaired) electrons. The number of thioether (sulfide) groups is 1. The molecule has 1 atom stereocenters. The molecule has 1 amide bonds. The highest BCUT2D eigenvalue weighted by Crippen LogP contribution is 2.26. The minimum absolute atomic E-state index is 0.142. The minimum atomic E-state index is -0.483. The van der Waals surface area contributed by atoms with E-state index in [2.05, 4.69) is 10.3 Å². The molecule has 0 aliphatic heterocycles. The van der Waals surface area contributed by atoms with Crippen LogP contribution in [0.2, 0.25) is 0 Å². The Bertz CT molecular complexity index is 588. The molecule has 22 heavy (non-hydrogen) atoms. The molecule has 1 unspecified atom stereocenters. The zero-order chi connectivity index (χ0) is 15.8. The van der Waals surface area contributed by atoms with Crippen molar-refractivity contribution in [2.45, 2.75) is 36.5 Å². The largest absolute Gasteiger partial charge is 0.391 e. The molecule has 0 saturated heterocycles. The highest BCUT2D eigenvalue weighted by atomic mass is 32.2. The molecule has 2 aromatic rings. The van der Waals surface area contributed by atoms with Crippen molar-refractivity contribution in [1.29, 1.82) is 0 Å². The predicted molar refractivity (Wildman–Crippen MR) is 91.4 cm³/mol. The molecule has 4 nitrogen and oxygen atoms in total. The van der Waals surface area contributed by atoms with Crippen LogP contribution in [0, 0.1) is 0 Å². The van der Waals surface area contributed by atoms with E-state index in [1.54, 1.807) is 23.1 Å². The van der Waals surface area contributed by atoms with Crippen LogP contribution in [0.4, 0.5) is 0 Å². The van der Waals surface area contributed by atoms with E-state index in [4.69, 9.17) is 0 Å². The van der Waals surface area contributed by atoms with Crippen molar-refractivity contribution >= 4 is 29.0 Å². The molecule has 2 rings (SSSR count). The summed E-state index contributed by atoms with van der Waals surface area (Å²) in [6, 6.07) is 7.52. The summed E-state index contributed by atoms with van der Waals surface area (Å²) in [5.41, 5.74) is 3.47. The number of benzene rings is 1. The van der Waals surface area contributed by atoms with Gasteiger partial charge in [0.25, 0.3) is 5.91 Å². The summed E-state index contributed by atoms with van der Waals surface area (Å²) in [5, 5.41) is 14.5. The number of carbonyl (C=O) groups is 1. The number of hydrogen-bond donors (Lipinski definition) is 2. The van der Waals surface area contributed by atoms with Crippen molar-refractivity contribution < 1.29 is 9.90 Å². The second kappa shape index (κ2) is 8.92. The van der Waals surface area contributed by atoms with Gasteiger partial charge in [-0.15, -0.1) is 23.1 Å². The van der Waals surface area contributed by atoms with Gasteiger partial charge in [0, 0.05) is 22.6 Å². The summed E-state index contributed by atoms with van der Waals surface area (Å²) >= 11 is 3.17. The molecular weight excluding hydrogens is 316 g/mol. The third-order valence-corrected chi connectivity index (χ3v) is 4.85. The highest BCUT2D eigenvalue weighted by molar-refractivity contribution is 7.98. The number of aliphatic hydroxyl groups excluding tert-OH is 1. The van der Waals surface area contributed by atoms with Gasteiger partial charge in [0.1, 0.15) is 0 Å². The summed E-state index contributed by atoms with van der Waals surface area (Å²) in [6.07, 6.45) is 1.11. The fraction of sp³-hybridized carbons (Fsp3) is 0.375. The number of nitrogens with zero attached hydrogens (tertiary/aromatic N) is 1. The Morgan fingerprint density at radius 3 is 3.00 bits per heavy atom. The summed E-state index contributed by atoms with van der Waals surface area (Å²) in [5.74, 6) is 0.600. The Morgan fingerprint density at radius 2 is 2.27 bits per heavy atom. The van der Waals surface area contributed by atoms with Crippen LogP contribution in [0.15, 0.2) is 40.1 Å². The first-order chi connectivity index (χ1) is 10.7. The lowest BCUT2D eigenvalue weighted by Crippen LogP contribution is -2.32. The van der Waals surface area contributed by atoms with E-state index in [0.717, 1.165) is 22.8 Å². The summed E-state index contributed by atoms with van der Waals surface area (Å²) in [7, 11) is 0. The van der Waals surface area contributed by atoms with Crippen molar-refractivity contribution in [3.8, 4) is 0 Å². The smallest absolute Gasteiger partial charge is 0.252 e. The molecule has 1 heterocycles. The number of rotatable bonds is 8. The third-order valence-electron chi connectivity index (χ3n) is 3.11. The normalized spacial score (nSPS) is 12.1. The van der Waals surface area contributed by atoms with Crippen LogP contribution < -0.4 is 5.32 Å². The molecule has 118 valence electrons. The summed E-state index contributed by atoms with van der Waals surface area (Å²) in [6.45, 7) is 2.30. The Morgan fingerprint density at radius 1 is 1.45 bits per heavy atom. The van der Waals surface area contributed by atoms with Crippen molar-refractivity contribution in [1.82, 2.24) is 10.3 Å². The molecule has 1 aromatic carbocycles. The number of amides is 1. The third kappa shape index (κ3) is 5.12. The lowest BCUT2D eigenvalue weighted by Gasteiger charge is -2.12. The number of nitrogens with one attached hydrogen (secondary N) is 1. The van der Waals surface area contributed by atoms with Crippen LogP contribution in [-0.2, 0) is 5.75 Å². The Hall–Kier alpha value is -1.37. The monoisotopic (exact) mass is 336 g/mol. The van der Waals surface area contributed by atoms with Gasteiger partial charge in [0.15, 0.2) is 0 Å². The lowest BCUT2D eigenvalue weighted by atomic mass is 10.2. The SMILES string of the molecule is CCCC(O)CNC(=O)c1ccccc1SCc1cscn1. The van der Waals surface area contributed by atoms with E-state index in [1.807, 2.05) is 42.1 Å². The van der Waals surface area contributed by atoms with Gasteiger partial charge in [0.2, 0.25) is 0 Å². The van der Waals surface area contributed by atoms with Gasteiger partial charge in [-0.1, -0.05) is 25.5 Å². The van der Waals surface area contributed by atoms with Gasteiger partial charge in [-0.2, -0.15) is 0 Å². The molecule has 0 aliphatic rings. The van der Waals surface area contributed by atoms with E-state index >= 15 is 0 Å². The van der Waals surface area contributed by atoms with Crippen molar-refractivity contribution in [3.05, 3.63) is 46.4 Å². The van der Waals surface area contributed by atoms with Gasteiger partial charge in [-0.3, -0.25) is 4.79 Å². The summed E-state index contributed by atoms with van der Waals surface area (Å²) in [4.78, 5) is 17.5. The first-order valence-corrected chi connectivity index (χ1v) is 9.18. The molecule has 0 bridgehead atoms. The lowest BCUT2D eigenvalue weighted by molar-refractivity contribution is 0.0907. The second-order valence-electron chi connectivity index (χ2n) is 4.92. The van der Waals surface area contributed by atoms with Crippen LogP contribution in [0.1, 0.15) is 35.8 Å². The maximum absolute atomic E-state index is 12.3. The van der Waals surface area contributed by atoms with E-state index in [0.29, 0.717) is 12.0 Å². The van der Waals surface area contributed by atoms with Crippen molar-refractivity contribution in [3.63, 3.8) is 0 Å². The number of carbonyl (C=O) groups excluding carboxylic acids is 1. The van der Waals surface area contributed by atoms with E-state index in [1.165, 1.54) is 0 Å². The zero-order valence-corrected chi connectivity index (χ0v) is 14.1. The quantitative estimate of drug-likeness (QED) is 0.726. The van der Waals surface area contributed by atoms with E-state index in [-0.39, 0.29) is 12.5 Å². The minimum Gasteiger partial charge on any atom is -0.391 e. The van der Waals surface area contributed by atoms with Crippen LogP contribution in [0.25, 0.3) is 0 Å². The average Bonchev–Trinajstić information content (AvgIpc) is 3.04. The Labute approximate surface area is 139 Å². The Balaban J connectivity index is 1.96.